The minimum Gasteiger partial charge on any atom is -0.363 e. The van der Waals surface area contributed by atoms with Gasteiger partial charge in [0.2, 0.25) is 0 Å². The van der Waals surface area contributed by atoms with Crippen LogP contribution >= 0.6 is 0 Å². The predicted octanol–water partition coefficient (Wildman–Crippen LogP) is 2.40. The minimum atomic E-state index is -4.57. The normalized spacial score (nSPS) is 29.8. The second-order valence-corrected chi connectivity index (χ2v) is 5.16. The molecule has 1 aliphatic carbocycles. The maximum atomic E-state index is 13.6. The summed E-state index contributed by atoms with van der Waals surface area (Å²) in [7, 11) is 0. The van der Waals surface area contributed by atoms with Gasteiger partial charge in [0.1, 0.15) is 0 Å². The summed E-state index contributed by atoms with van der Waals surface area (Å²) in [6.45, 7) is 0.964. The van der Waals surface area contributed by atoms with E-state index in [0.717, 1.165) is 19.4 Å². The van der Waals surface area contributed by atoms with Crippen LogP contribution in [0.5, 0.6) is 0 Å². The number of halogens is 4. The Balaban J connectivity index is 1.75. The summed E-state index contributed by atoms with van der Waals surface area (Å²) < 4.78 is 50.8. The second-order valence-electron chi connectivity index (χ2n) is 5.16. The van der Waals surface area contributed by atoms with Crippen LogP contribution in [0.1, 0.15) is 18.4 Å². The van der Waals surface area contributed by atoms with E-state index in [0.29, 0.717) is 18.2 Å². The molecular weight excluding hydrogens is 262 g/mol. The first-order valence-corrected chi connectivity index (χ1v) is 6.16. The van der Waals surface area contributed by atoms with Crippen molar-refractivity contribution in [2.24, 2.45) is 5.92 Å². The Bertz CT molecular complexity index is 488. The molecule has 0 aromatic carbocycles. The van der Waals surface area contributed by atoms with Gasteiger partial charge < -0.3 is 10.6 Å². The van der Waals surface area contributed by atoms with Crippen molar-refractivity contribution >= 4 is 5.82 Å². The van der Waals surface area contributed by atoms with Crippen molar-refractivity contribution in [2.75, 3.05) is 11.9 Å². The molecule has 2 N–H and O–H groups in total. The number of alkyl halides is 3. The molecule has 2 aliphatic rings. The lowest BCUT2D eigenvalue weighted by atomic mass is 10.1. The van der Waals surface area contributed by atoms with Gasteiger partial charge in [-0.25, -0.2) is 9.37 Å². The molecule has 1 saturated heterocycles. The van der Waals surface area contributed by atoms with Crippen molar-refractivity contribution in [2.45, 2.75) is 31.1 Å². The van der Waals surface area contributed by atoms with Gasteiger partial charge in [0.15, 0.2) is 11.6 Å². The first-order chi connectivity index (χ1) is 8.93. The summed E-state index contributed by atoms with van der Waals surface area (Å²) >= 11 is 0. The van der Waals surface area contributed by atoms with Gasteiger partial charge in [0.05, 0.1) is 5.56 Å². The molecule has 3 nitrogen and oxygen atoms in total. The van der Waals surface area contributed by atoms with E-state index in [-0.39, 0.29) is 17.9 Å². The van der Waals surface area contributed by atoms with E-state index < -0.39 is 17.6 Å². The third-order valence-corrected chi connectivity index (χ3v) is 3.82. The zero-order valence-electron chi connectivity index (χ0n) is 9.97. The molecule has 0 radical (unpaired) electrons. The van der Waals surface area contributed by atoms with Gasteiger partial charge in [-0.2, -0.15) is 13.2 Å². The van der Waals surface area contributed by atoms with Crippen LogP contribution in [0.2, 0.25) is 0 Å². The fourth-order valence-corrected chi connectivity index (χ4v) is 2.89. The van der Waals surface area contributed by atoms with E-state index >= 15 is 0 Å². The highest BCUT2D eigenvalue weighted by Crippen LogP contribution is 2.34. The van der Waals surface area contributed by atoms with Gasteiger partial charge in [0, 0.05) is 18.3 Å². The van der Waals surface area contributed by atoms with Gasteiger partial charge in [0.25, 0.3) is 0 Å². The van der Waals surface area contributed by atoms with Crippen LogP contribution in [0.15, 0.2) is 12.3 Å². The fourth-order valence-electron chi connectivity index (χ4n) is 2.89. The molecule has 1 aromatic rings. The first-order valence-electron chi connectivity index (χ1n) is 6.16. The molecule has 0 spiro atoms. The zero-order valence-corrected chi connectivity index (χ0v) is 9.97. The van der Waals surface area contributed by atoms with Crippen LogP contribution in [0.4, 0.5) is 23.4 Å². The maximum absolute atomic E-state index is 13.6. The monoisotopic (exact) mass is 275 g/mol. The van der Waals surface area contributed by atoms with Gasteiger partial charge in [-0.1, -0.05) is 0 Å². The van der Waals surface area contributed by atoms with Crippen LogP contribution in [-0.4, -0.2) is 23.6 Å². The lowest BCUT2D eigenvalue weighted by Crippen LogP contribution is -2.41. The van der Waals surface area contributed by atoms with Crippen LogP contribution in [0, 0.1) is 11.7 Å². The Hall–Kier alpha value is -1.37. The fraction of sp³-hybridized carbons (Fsp3) is 0.583. The highest BCUT2D eigenvalue weighted by atomic mass is 19.4. The number of hydrogen-bond donors (Lipinski definition) is 2. The first kappa shape index (κ1) is 12.7. The molecule has 2 heterocycles. The van der Waals surface area contributed by atoms with Crippen molar-refractivity contribution in [3.05, 3.63) is 23.6 Å². The molecule has 1 aromatic heterocycles. The number of anilines is 1. The number of nitrogens with one attached hydrogen (secondary N) is 2. The van der Waals surface area contributed by atoms with E-state index in [9.17, 15) is 17.6 Å². The molecule has 1 saturated carbocycles. The lowest BCUT2D eigenvalue weighted by molar-refractivity contribution is -0.138. The van der Waals surface area contributed by atoms with Crippen molar-refractivity contribution in [3.8, 4) is 0 Å². The van der Waals surface area contributed by atoms with E-state index in [1.54, 1.807) is 0 Å². The third kappa shape index (κ3) is 2.39. The summed E-state index contributed by atoms with van der Waals surface area (Å²) in [6, 6.07) is 0.779. The highest BCUT2D eigenvalue weighted by molar-refractivity contribution is 5.40. The Morgan fingerprint density at radius 1 is 1.32 bits per heavy atom. The molecule has 0 amide bonds. The van der Waals surface area contributed by atoms with Crippen LogP contribution in [-0.2, 0) is 6.18 Å². The molecule has 0 unspecified atom stereocenters. The van der Waals surface area contributed by atoms with E-state index in [1.165, 1.54) is 0 Å². The number of piperidine rings is 1. The second kappa shape index (κ2) is 4.33. The molecule has 104 valence electrons. The maximum Gasteiger partial charge on any atom is 0.417 e. The molecule has 19 heavy (non-hydrogen) atoms. The number of fused-ring (bicyclic) bond motifs is 2. The highest BCUT2D eigenvalue weighted by Gasteiger charge is 2.40. The number of pyridine rings is 1. The lowest BCUT2D eigenvalue weighted by Gasteiger charge is -2.24. The average Bonchev–Trinajstić information content (AvgIpc) is 2.92. The van der Waals surface area contributed by atoms with Crippen LogP contribution in [0.25, 0.3) is 0 Å². The van der Waals surface area contributed by atoms with Crippen molar-refractivity contribution in [1.82, 2.24) is 10.3 Å². The van der Waals surface area contributed by atoms with Gasteiger partial charge in [-0.3, -0.25) is 0 Å². The Morgan fingerprint density at radius 3 is 2.63 bits per heavy atom. The predicted molar refractivity (Wildman–Crippen MR) is 61.1 cm³/mol. The topological polar surface area (TPSA) is 37.0 Å². The smallest absolute Gasteiger partial charge is 0.363 e. The largest absolute Gasteiger partial charge is 0.417 e. The van der Waals surface area contributed by atoms with Crippen molar-refractivity contribution < 1.29 is 17.6 Å². The summed E-state index contributed by atoms with van der Waals surface area (Å²) in [4.78, 5) is 3.56. The number of hydrogen-bond acceptors (Lipinski definition) is 3. The van der Waals surface area contributed by atoms with E-state index in [4.69, 9.17) is 0 Å². The van der Waals surface area contributed by atoms with Crippen molar-refractivity contribution in [3.63, 3.8) is 0 Å². The molecule has 3 atom stereocenters. The van der Waals surface area contributed by atoms with Crippen molar-refractivity contribution in [1.29, 1.82) is 0 Å². The Morgan fingerprint density at radius 2 is 2.11 bits per heavy atom. The summed E-state index contributed by atoms with van der Waals surface area (Å²) in [5.41, 5.74) is -1.07. The SMILES string of the molecule is Fc1cc(C(F)(F)F)cnc1N[C@@H]1C[C@H]2CN[C@H]1C2. The van der Waals surface area contributed by atoms with Crippen LogP contribution in [0.3, 0.4) is 0 Å². The molecule has 1 aliphatic heterocycles. The Labute approximate surface area is 107 Å². The number of nitrogens with zero attached hydrogens (tertiary/aromatic N) is 1. The molecule has 3 rings (SSSR count). The average molecular weight is 275 g/mol. The number of rotatable bonds is 2. The van der Waals surface area contributed by atoms with E-state index in [2.05, 4.69) is 15.6 Å². The zero-order chi connectivity index (χ0) is 13.6. The van der Waals surface area contributed by atoms with Gasteiger partial charge >= 0.3 is 6.18 Å². The standard InChI is InChI=1S/C12H13F4N3/c13-8-3-7(12(14,15)16)5-18-11(8)19-10-2-6-1-9(10)17-4-6/h3,5-6,9-10,17H,1-2,4H2,(H,18,19)/t6-,9-,10+/m0/s1. The third-order valence-electron chi connectivity index (χ3n) is 3.82. The molecule has 7 heteroatoms. The number of aromatic nitrogens is 1. The van der Waals surface area contributed by atoms with Gasteiger partial charge in [-0.05, 0) is 31.4 Å². The summed E-state index contributed by atoms with van der Waals surface area (Å²) in [5.74, 6) is -0.495. The Kier molecular flexibility index (Phi) is 2.88. The minimum absolute atomic E-state index is 0.0393. The van der Waals surface area contributed by atoms with Crippen LogP contribution < -0.4 is 10.6 Å². The summed E-state index contributed by atoms with van der Waals surface area (Å²) in [5, 5.41) is 6.19. The summed E-state index contributed by atoms with van der Waals surface area (Å²) in [6.07, 6.45) is -1.98. The quantitative estimate of drug-likeness (QED) is 0.814. The molecule has 2 bridgehead atoms. The molecular formula is C12H13F4N3. The van der Waals surface area contributed by atoms with E-state index in [1.807, 2.05) is 0 Å². The van der Waals surface area contributed by atoms with Gasteiger partial charge in [-0.15, -0.1) is 0 Å². The molecule has 2 fully saturated rings.